The first kappa shape index (κ1) is 21.8. The molecule has 7 aromatic carbocycles. The van der Waals surface area contributed by atoms with Gasteiger partial charge in [0.05, 0.1) is 16.5 Å². The summed E-state index contributed by atoms with van der Waals surface area (Å²) < 4.78 is 38.4. The van der Waals surface area contributed by atoms with Gasteiger partial charge in [0.25, 0.3) is 0 Å². The molecule has 0 aliphatic rings. The summed E-state index contributed by atoms with van der Waals surface area (Å²) in [5.41, 5.74) is 8.09. The van der Waals surface area contributed by atoms with Crippen molar-refractivity contribution in [2.24, 2.45) is 0 Å². The quantitative estimate of drug-likeness (QED) is 0.194. The Hall–Kier alpha value is -5.86. The second kappa shape index (κ2) is 11.1. The van der Waals surface area contributed by atoms with E-state index < -0.39 is 0 Å². The highest BCUT2D eigenvalue weighted by Gasteiger charge is 2.14. The molecular weight excluding hydrogens is 532 g/mol. The molecule has 1 aromatic heterocycles. The average Bonchev–Trinajstić information content (AvgIpc) is 3.48. The van der Waals surface area contributed by atoms with E-state index in [9.17, 15) is 0 Å². The van der Waals surface area contributed by atoms with Crippen LogP contribution in [0.2, 0.25) is 0 Å². The number of hydrogen-bond donors (Lipinski definition) is 0. The van der Waals surface area contributed by atoms with Gasteiger partial charge in [-0.3, -0.25) is 0 Å². The van der Waals surface area contributed by atoms with E-state index in [1.807, 2.05) is 89.8 Å². The highest BCUT2D eigenvalue weighted by atomic mass is 15.1. The van der Waals surface area contributed by atoms with Crippen LogP contribution in [0, 0.1) is 0 Å². The molecule has 2 nitrogen and oxygen atoms in total. The van der Waals surface area contributed by atoms with Gasteiger partial charge in [0, 0.05) is 33.5 Å². The van der Waals surface area contributed by atoms with Gasteiger partial charge < -0.3 is 9.47 Å². The van der Waals surface area contributed by atoms with Gasteiger partial charge in [-0.2, -0.15) is 0 Å². The minimum Gasteiger partial charge on any atom is -0.311 e. The Balaban J connectivity index is 1.23. The van der Waals surface area contributed by atoms with Crippen molar-refractivity contribution < 1.29 is 5.48 Å². The van der Waals surface area contributed by atoms with Crippen molar-refractivity contribution in [1.29, 1.82) is 0 Å². The number of anilines is 3. The van der Waals surface area contributed by atoms with E-state index >= 15 is 0 Å². The first-order valence-electron chi connectivity index (χ1n) is 16.7. The smallest absolute Gasteiger partial charge is 0.0645 e. The Morgan fingerprint density at radius 2 is 0.909 bits per heavy atom. The first-order chi connectivity index (χ1) is 23.5. The molecule has 8 rings (SSSR count). The molecule has 0 fully saturated rings. The van der Waals surface area contributed by atoms with Gasteiger partial charge >= 0.3 is 0 Å². The highest BCUT2D eigenvalue weighted by Crippen LogP contribution is 2.37. The molecule has 0 unspecified atom stereocenters. The normalized spacial score (nSPS) is 12.5. The van der Waals surface area contributed by atoms with Gasteiger partial charge in [0.2, 0.25) is 0 Å². The fourth-order valence-electron chi connectivity index (χ4n) is 5.98. The molecule has 0 spiro atoms. The van der Waals surface area contributed by atoms with E-state index in [1.165, 1.54) is 10.8 Å². The monoisotopic (exact) mass is 566 g/mol. The number of nitrogens with zero attached hydrogens (tertiary/aromatic N) is 2. The highest BCUT2D eigenvalue weighted by molar-refractivity contribution is 6.09. The Kier molecular flexibility index (Phi) is 5.49. The van der Waals surface area contributed by atoms with Gasteiger partial charge in [-0.1, -0.05) is 121 Å². The van der Waals surface area contributed by atoms with E-state index in [0.717, 1.165) is 39.2 Å². The number of fused-ring (bicyclic) bond motifs is 3. The largest absolute Gasteiger partial charge is 0.311 e. The lowest BCUT2D eigenvalue weighted by Gasteiger charge is -2.26. The van der Waals surface area contributed by atoms with Crippen LogP contribution in [0.4, 0.5) is 17.1 Å². The third-order valence-corrected chi connectivity index (χ3v) is 8.06. The SMILES string of the molecule is [2H]c1c([2H])c(N(c2ccccc2)c2ccc(-c3cccc(-n4c5ccccc5c5ccccc54)c3)cc2)c([2H])c([2H])c1-c1ccccc1. The molecule has 0 N–H and O–H groups in total. The summed E-state index contributed by atoms with van der Waals surface area (Å²) in [6, 6.07) is 51.9. The van der Waals surface area contributed by atoms with Crippen LogP contribution in [0.1, 0.15) is 5.48 Å². The molecule has 0 aliphatic carbocycles. The van der Waals surface area contributed by atoms with E-state index in [2.05, 4.69) is 77.4 Å². The maximum atomic E-state index is 9.10. The zero-order valence-electron chi connectivity index (χ0n) is 27.9. The Morgan fingerprint density at radius 3 is 1.57 bits per heavy atom. The third-order valence-electron chi connectivity index (χ3n) is 8.06. The molecule has 0 saturated heterocycles. The van der Waals surface area contributed by atoms with Crippen molar-refractivity contribution in [1.82, 2.24) is 4.57 Å². The van der Waals surface area contributed by atoms with Crippen molar-refractivity contribution in [3.63, 3.8) is 0 Å². The van der Waals surface area contributed by atoms with Crippen LogP contribution >= 0.6 is 0 Å². The molecule has 2 heteroatoms. The van der Waals surface area contributed by atoms with Gasteiger partial charge in [-0.05, 0) is 82.9 Å². The van der Waals surface area contributed by atoms with E-state index in [0.29, 0.717) is 11.1 Å². The lowest BCUT2D eigenvalue weighted by atomic mass is 10.0. The van der Waals surface area contributed by atoms with Crippen molar-refractivity contribution in [3.05, 3.63) is 182 Å². The van der Waals surface area contributed by atoms with Crippen molar-refractivity contribution in [2.45, 2.75) is 0 Å². The fourth-order valence-corrected chi connectivity index (χ4v) is 5.98. The molecule has 44 heavy (non-hydrogen) atoms. The van der Waals surface area contributed by atoms with Crippen molar-refractivity contribution >= 4 is 38.9 Å². The lowest BCUT2D eigenvalue weighted by Crippen LogP contribution is -2.09. The molecule has 0 atom stereocenters. The predicted molar refractivity (Wildman–Crippen MR) is 186 cm³/mol. The molecule has 0 aliphatic heterocycles. The molecule has 0 saturated carbocycles. The van der Waals surface area contributed by atoms with Crippen LogP contribution in [-0.2, 0) is 0 Å². The molecule has 8 aromatic rings. The van der Waals surface area contributed by atoms with Crippen molar-refractivity contribution in [3.8, 4) is 27.9 Å². The van der Waals surface area contributed by atoms with Crippen LogP contribution in [0.15, 0.2) is 182 Å². The fraction of sp³-hybridized carbons (Fsp3) is 0. The standard InChI is InChI=1S/C42H30N2/c1-3-12-31(13-4-1)32-22-26-36(27-23-32)43(35-15-5-2-6-16-35)37-28-24-33(25-29-37)34-14-11-17-38(30-34)44-41-20-9-7-18-39(41)40-19-8-10-21-42(40)44/h1-30H/i22D,23D,26D,27D. The summed E-state index contributed by atoms with van der Waals surface area (Å²) in [4.78, 5) is 1.81. The second-order valence-electron chi connectivity index (χ2n) is 10.7. The molecule has 1 heterocycles. The molecule has 208 valence electrons. The minimum absolute atomic E-state index is 0.0726. The Labute approximate surface area is 263 Å². The predicted octanol–water partition coefficient (Wildman–Crippen LogP) is 11.6. The van der Waals surface area contributed by atoms with Crippen LogP contribution in [-0.4, -0.2) is 4.57 Å². The lowest BCUT2D eigenvalue weighted by molar-refractivity contribution is 1.18. The summed E-state index contributed by atoms with van der Waals surface area (Å²) in [5, 5.41) is 2.43. The summed E-state index contributed by atoms with van der Waals surface area (Å²) >= 11 is 0. The number of hydrogen-bond acceptors (Lipinski definition) is 1. The molecular formula is C42H30N2. The Bertz CT molecular complexity index is 2350. The van der Waals surface area contributed by atoms with Gasteiger partial charge in [0.15, 0.2) is 0 Å². The summed E-state index contributed by atoms with van der Waals surface area (Å²) in [6.07, 6.45) is 0. The zero-order valence-corrected chi connectivity index (χ0v) is 23.9. The van der Waals surface area contributed by atoms with E-state index in [-0.39, 0.29) is 29.9 Å². The summed E-state index contributed by atoms with van der Waals surface area (Å²) in [6.45, 7) is 0. The number of para-hydroxylation sites is 3. The average molecular weight is 567 g/mol. The van der Waals surface area contributed by atoms with Crippen LogP contribution < -0.4 is 4.90 Å². The maximum absolute atomic E-state index is 9.10. The minimum atomic E-state index is -0.0957. The van der Waals surface area contributed by atoms with E-state index in [4.69, 9.17) is 5.48 Å². The third kappa shape index (κ3) is 4.63. The van der Waals surface area contributed by atoms with Gasteiger partial charge in [0.1, 0.15) is 0 Å². The van der Waals surface area contributed by atoms with E-state index in [1.54, 1.807) is 0 Å². The second-order valence-corrected chi connectivity index (χ2v) is 10.7. The zero-order chi connectivity index (χ0) is 32.8. The molecule has 0 bridgehead atoms. The first-order valence-corrected chi connectivity index (χ1v) is 14.7. The van der Waals surface area contributed by atoms with Gasteiger partial charge in [-0.15, -0.1) is 0 Å². The van der Waals surface area contributed by atoms with Crippen LogP contribution in [0.3, 0.4) is 0 Å². The topological polar surface area (TPSA) is 8.17 Å². The maximum Gasteiger partial charge on any atom is 0.0645 e. The number of benzene rings is 7. The summed E-state index contributed by atoms with van der Waals surface area (Å²) in [5.74, 6) is 0. The summed E-state index contributed by atoms with van der Waals surface area (Å²) in [7, 11) is 0. The molecule has 0 amide bonds. The van der Waals surface area contributed by atoms with Gasteiger partial charge in [-0.25, -0.2) is 0 Å². The number of rotatable bonds is 6. The van der Waals surface area contributed by atoms with Crippen LogP contribution in [0.5, 0.6) is 0 Å². The Morgan fingerprint density at radius 1 is 0.386 bits per heavy atom. The number of aromatic nitrogens is 1. The molecule has 0 radical (unpaired) electrons. The van der Waals surface area contributed by atoms with Crippen LogP contribution in [0.25, 0.3) is 49.7 Å². The van der Waals surface area contributed by atoms with Crippen molar-refractivity contribution in [2.75, 3.05) is 4.90 Å².